The molecule has 2 aliphatic carbocycles. The second-order valence-corrected chi connectivity index (χ2v) is 13.9. The molecule has 0 atom stereocenters. The third-order valence-corrected chi connectivity index (χ3v) is 10.5. The Morgan fingerprint density at radius 2 is 1.67 bits per heavy atom. The molecule has 3 aliphatic heterocycles. The van der Waals surface area contributed by atoms with Crippen LogP contribution in [0.3, 0.4) is 0 Å². The Kier molecular flexibility index (Phi) is 5.05. The van der Waals surface area contributed by atoms with E-state index < -0.39 is 27.7 Å². The third kappa shape index (κ3) is 4.16. The molecule has 1 aromatic heterocycles. The molecule has 2 amide bonds. The van der Waals surface area contributed by atoms with Crippen LogP contribution < -0.4 is 4.74 Å². The van der Waals surface area contributed by atoms with Gasteiger partial charge in [0.05, 0.1) is 4.90 Å². The largest absolute Gasteiger partial charge is 0.573 e. The molecule has 5 fully saturated rings. The molecule has 1 aromatic carbocycles. The zero-order valence-corrected chi connectivity index (χ0v) is 21.6. The van der Waals surface area contributed by atoms with Crippen LogP contribution in [-0.4, -0.2) is 94.5 Å². The maximum atomic E-state index is 12.9. The average molecular weight is 569 g/mol. The minimum Gasteiger partial charge on any atom is -0.406 e. The molecule has 210 valence electrons. The number of halogens is 3. The smallest absolute Gasteiger partial charge is 0.406 e. The molecule has 0 bridgehead atoms. The Morgan fingerprint density at radius 1 is 1.03 bits per heavy atom. The van der Waals surface area contributed by atoms with Crippen LogP contribution >= 0.6 is 0 Å². The highest BCUT2D eigenvalue weighted by molar-refractivity contribution is 7.89. The molecule has 5 aliphatic rings. The van der Waals surface area contributed by atoms with Crippen molar-refractivity contribution in [3.05, 3.63) is 35.9 Å². The van der Waals surface area contributed by atoms with Crippen LogP contribution in [0.5, 0.6) is 5.75 Å². The lowest BCUT2D eigenvalue weighted by atomic mass is 9.57. The molecule has 2 saturated carbocycles. The van der Waals surface area contributed by atoms with E-state index in [0.717, 1.165) is 30.8 Å². The molecular formula is C24H27F3N6O5S. The first-order valence-electron chi connectivity index (χ1n) is 12.8. The summed E-state index contributed by atoms with van der Waals surface area (Å²) < 4.78 is 68.4. The van der Waals surface area contributed by atoms with E-state index in [4.69, 9.17) is 0 Å². The lowest BCUT2D eigenvalue weighted by Gasteiger charge is -2.63. The third-order valence-electron chi connectivity index (χ3n) is 8.76. The van der Waals surface area contributed by atoms with Crippen LogP contribution in [0.15, 0.2) is 29.2 Å². The van der Waals surface area contributed by atoms with E-state index >= 15 is 0 Å². The number of benzene rings is 1. The topological polar surface area (TPSA) is 132 Å². The predicted molar refractivity (Wildman–Crippen MR) is 127 cm³/mol. The van der Waals surface area contributed by atoms with E-state index in [2.05, 4.69) is 19.9 Å². The number of nitrogens with one attached hydrogen (secondary N) is 1. The number of hydrogen-bond acceptors (Lipinski definition) is 7. The molecule has 7 rings (SSSR count). The summed E-state index contributed by atoms with van der Waals surface area (Å²) in [6.45, 7) is 2.67. The first-order valence-corrected chi connectivity index (χ1v) is 14.3. The number of amides is 2. The lowest BCUT2D eigenvalue weighted by Crippen LogP contribution is -2.76. The lowest BCUT2D eigenvalue weighted by molar-refractivity contribution is -0.274. The van der Waals surface area contributed by atoms with Gasteiger partial charge in [0.25, 0.3) is 0 Å². The molecule has 11 nitrogen and oxygen atoms in total. The zero-order valence-electron chi connectivity index (χ0n) is 20.8. The molecule has 2 N–H and O–H groups in total. The van der Waals surface area contributed by atoms with Gasteiger partial charge in [-0.25, -0.2) is 13.2 Å². The predicted octanol–water partition coefficient (Wildman–Crippen LogP) is 1.99. The van der Waals surface area contributed by atoms with Gasteiger partial charge in [-0.15, -0.1) is 23.4 Å². The number of sulfonamides is 1. The van der Waals surface area contributed by atoms with Crippen LogP contribution in [0.4, 0.5) is 18.0 Å². The van der Waals surface area contributed by atoms with Crippen LogP contribution in [0.2, 0.25) is 0 Å². The van der Waals surface area contributed by atoms with Crippen molar-refractivity contribution in [3.63, 3.8) is 0 Å². The van der Waals surface area contributed by atoms with Gasteiger partial charge in [-0.05, 0) is 37.8 Å². The molecule has 0 unspecified atom stereocenters. The fourth-order valence-corrected chi connectivity index (χ4v) is 8.21. The summed E-state index contributed by atoms with van der Waals surface area (Å²) in [5.41, 5.74) is -1.06. The van der Waals surface area contributed by atoms with Gasteiger partial charge in [0.1, 0.15) is 17.2 Å². The zero-order chi connectivity index (χ0) is 27.4. The van der Waals surface area contributed by atoms with E-state index in [9.17, 15) is 31.5 Å². The minimum absolute atomic E-state index is 0.0501. The first-order chi connectivity index (χ1) is 18.3. The minimum atomic E-state index is -4.91. The Bertz CT molecular complexity index is 1430. The van der Waals surface area contributed by atoms with Crippen molar-refractivity contribution in [1.29, 1.82) is 0 Å². The number of nitrogens with zero attached hydrogens (tertiary/aromatic N) is 5. The number of carbonyl (C=O) groups is 1. The highest BCUT2D eigenvalue weighted by atomic mass is 32.2. The molecule has 4 heterocycles. The van der Waals surface area contributed by atoms with Crippen LogP contribution in [0, 0.1) is 10.8 Å². The number of aliphatic hydroxyl groups is 1. The van der Waals surface area contributed by atoms with Gasteiger partial charge < -0.3 is 24.6 Å². The Morgan fingerprint density at radius 3 is 2.28 bits per heavy atom. The normalized spacial score (nSPS) is 25.0. The number of urea groups is 1. The van der Waals surface area contributed by atoms with Crippen LogP contribution in [0.25, 0.3) is 0 Å². The van der Waals surface area contributed by atoms with Crippen molar-refractivity contribution >= 4 is 16.1 Å². The second kappa shape index (κ2) is 7.85. The van der Waals surface area contributed by atoms with Gasteiger partial charge >= 0.3 is 12.4 Å². The molecule has 15 heteroatoms. The van der Waals surface area contributed by atoms with Gasteiger partial charge in [0.2, 0.25) is 10.0 Å². The van der Waals surface area contributed by atoms with E-state index in [0.29, 0.717) is 44.8 Å². The maximum Gasteiger partial charge on any atom is 0.573 e. The quantitative estimate of drug-likeness (QED) is 0.564. The van der Waals surface area contributed by atoms with E-state index in [1.807, 2.05) is 4.90 Å². The van der Waals surface area contributed by atoms with Crippen molar-refractivity contribution in [2.75, 3.05) is 39.3 Å². The van der Waals surface area contributed by atoms with Gasteiger partial charge in [0.15, 0.2) is 5.82 Å². The molecule has 2 spiro atoms. The first kappa shape index (κ1) is 25.1. The number of likely N-dealkylation sites (tertiary alicyclic amines) is 2. The summed E-state index contributed by atoms with van der Waals surface area (Å²) in [5.74, 6) is 1.00. The molecule has 0 radical (unpaired) electrons. The van der Waals surface area contributed by atoms with Crippen molar-refractivity contribution in [2.45, 2.75) is 48.5 Å². The number of aromatic amines is 1. The molecule has 39 heavy (non-hydrogen) atoms. The number of carbonyl (C=O) groups excluding carboxylic acids is 1. The van der Waals surface area contributed by atoms with E-state index in [1.54, 1.807) is 4.90 Å². The summed E-state index contributed by atoms with van der Waals surface area (Å²) in [5, 5.41) is 18.5. The molecular weight excluding hydrogens is 541 g/mol. The highest BCUT2D eigenvalue weighted by Gasteiger charge is 2.60. The number of H-pyrrole nitrogens is 1. The fraction of sp³-hybridized carbons (Fsp3) is 0.625. The Hall–Kier alpha value is -2.91. The summed E-state index contributed by atoms with van der Waals surface area (Å²) in [6.07, 6.45) is -1.69. The molecule has 2 aromatic rings. The van der Waals surface area contributed by atoms with Gasteiger partial charge in [-0.1, -0.05) is 6.07 Å². The van der Waals surface area contributed by atoms with Gasteiger partial charge in [-0.2, -0.15) is 4.31 Å². The van der Waals surface area contributed by atoms with E-state index in [-0.39, 0.29) is 40.8 Å². The maximum absolute atomic E-state index is 12.9. The summed E-state index contributed by atoms with van der Waals surface area (Å²) in [6, 6.07) is 4.31. The summed E-state index contributed by atoms with van der Waals surface area (Å²) in [7, 11) is -3.97. The van der Waals surface area contributed by atoms with Gasteiger partial charge in [0, 0.05) is 62.1 Å². The number of hydrogen-bond donors (Lipinski definition) is 2. The average Bonchev–Trinajstić information content (AvgIpc) is 3.29. The molecule has 3 saturated heterocycles. The van der Waals surface area contributed by atoms with Crippen molar-refractivity contribution in [2.24, 2.45) is 10.8 Å². The number of aromatic nitrogens is 3. The SMILES string of the molecule is O=C(N1CC2(CC(c3nnc(C4(O)CC4)[nH]3)C2)C1)N1CC2(C1)CN(S(=O)(=O)c1cccc(OC(F)(F)F)c1)C2. The summed E-state index contributed by atoms with van der Waals surface area (Å²) in [4.78, 5) is 19.4. The second-order valence-electron chi connectivity index (χ2n) is 12.0. The number of alkyl halides is 3. The highest BCUT2D eigenvalue weighted by Crippen LogP contribution is 2.56. The monoisotopic (exact) mass is 568 g/mol. The van der Waals surface area contributed by atoms with Crippen LogP contribution in [0.1, 0.15) is 43.3 Å². The van der Waals surface area contributed by atoms with Crippen molar-refractivity contribution in [3.8, 4) is 5.75 Å². The van der Waals surface area contributed by atoms with Gasteiger partial charge in [-0.3, -0.25) is 0 Å². The summed E-state index contributed by atoms with van der Waals surface area (Å²) >= 11 is 0. The number of rotatable bonds is 5. The van der Waals surface area contributed by atoms with Crippen LogP contribution in [-0.2, 0) is 15.6 Å². The number of ether oxygens (including phenoxy) is 1. The Balaban J connectivity index is 0.881. The van der Waals surface area contributed by atoms with Crippen molar-refractivity contribution < 1.29 is 36.2 Å². The van der Waals surface area contributed by atoms with Crippen molar-refractivity contribution in [1.82, 2.24) is 29.3 Å². The standard InChI is InChI=1S/C24H27F3N6O5S/c25-24(26,27)38-16-2-1-3-17(6-16)39(36,37)33-13-22(14-33)11-32(12-22)20(34)31-9-21(10-31)7-15(8-21)18-28-19(30-29-18)23(35)4-5-23/h1-3,6,15,35H,4-5,7-14H2,(H,28,29,30). The Labute approximate surface area is 222 Å². The van der Waals surface area contributed by atoms with E-state index in [1.165, 1.54) is 16.4 Å². The fourth-order valence-electron chi connectivity index (χ4n) is 6.51.